The monoisotopic (exact) mass is 312 g/mol. The lowest BCUT2D eigenvalue weighted by Crippen LogP contribution is -2.10. The van der Waals surface area contributed by atoms with Gasteiger partial charge in [-0.25, -0.2) is 0 Å². The number of rotatable bonds is 4. The van der Waals surface area contributed by atoms with Gasteiger partial charge in [-0.15, -0.1) is 0 Å². The lowest BCUT2D eigenvalue weighted by molar-refractivity contribution is 0.112. The molecule has 0 radical (unpaired) electrons. The lowest BCUT2D eigenvalue weighted by Gasteiger charge is -2.10. The van der Waals surface area contributed by atoms with E-state index in [0.717, 1.165) is 5.39 Å². The molecule has 3 rings (SSSR count). The van der Waals surface area contributed by atoms with Gasteiger partial charge in [-0.3, -0.25) is 4.79 Å². The van der Waals surface area contributed by atoms with Gasteiger partial charge in [-0.1, -0.05) is 48.5 Å². The number of hydrogen-bond donors (Lipinski definition) is 0. The number of fused-ring (bicyclic) bond motifs is 1. The second-order valence-electron chi connectivity index (χ2n) is 4.67. The molecule has 110 valence electrons. The lowest BCUT2D eigenvalue weighted by atomic mass is 10.0. The van der Waals surface area contributed by atoms with Crippen molar-refractivity contribution >= 4 is 27.2 Å². The van der Waals surface area contributed by atoms with Gasteiger partial charge in [-0.05, 0) is 29.0 Å². The van der Waals surface area contributed by atoms with E-state index in [1.807, 2.05) is 12.1 Å². The SMILES string of the molecule is O=Cc1c(OS(=O)(=O)c2ccccc2)ccc2ccccc12. The molecule has 0 aliphatic heterocycles. The van der Waals surface area contributed by atoms with Crippen LogP contribution in [0.4, 0.5) is 0 Å². The minimum atomic E-state index is -3.97. The molecule has 0 bridgehead atoms. The summed E-state index contributed by atoms with van der Waals surface area (Å²) >= 11 is 0. The fourth-order valence-electron chi connectivity index (χ4n) is 2.22. The first-order chi connectivity index (χ1) is 10.6. The maximum atomic E-state index is 12.3. The molecule has 0 saturated carbocycles. The Morgan fingerprint density at radius 2 is 1.50 bits per heavy atom. The molecule has 0 heterocycles. The van der Waals surface area contributed by atoms with Crippen molar-refractivity contribution in [3.8, 4) is 5.75 Å². The Kier molecular flexibility index (Phi) is 3.65. The Bertz CT molecular complexity index is 931. The van der Waals surface area contributed by atoms with Crippen LogP contribution in [0, 0.1) is 0 Å². The second kappa shape index (κ2) is 5.61. The van der Waals surface area contributed by atoms with Crippen molar-refractivity contribution in [3.05, 3.63) is 72.3 Å². The summed E-state index contributed by atoms with van der Waals surface area (Å²) in [6.07, 6.45) is 0.609. The van der Waals surface area contributed by atoms with Crippen LogP contribution in [0.2, 0.25) is 0 Å². The Morgan fingerprint density at radius 3 is 2.23 bits per heavy atom. The molecule has 3 aromatic carbocycles. The summed E-state index contributed by atoms with van der Waals surface area (Å²) in [6.45, 7) is 0. The van der Waals surface area contributed by atoms with E-state index in [1.165, 1.54) is 18.2 Å². The standard InChI is InChI=1S/C17H12O4S/c18-12-16-15-9-5-4-6-13(15)10-11-17(16)21-22(19,20)14-7-2-1-3-8-14/h1-12H. The Morgan fingerprint density at radius 1 is 0.818 bits per heavy atom. The summed E-state index contributed by atoms with van der Waals surface area (Å²) < 4.78 is 29.7. The zero-order chi connectivity index (χ0) is 15.6. The molecule has 0 aliphatic rings. The molecule has 0 amide bonds. The van der Waals surface area contributed by atoms with Crippen LogP contribution in [0.1, 0.15) is 10.4 Å². The summed E-state index contributed by atoms with van der Waals surface area (Å²) in [5.74, 6) is 0.0255. The highest BCUT2D eigenvalue weighted by Crippen LogP contribution is 2.28. The normalized spacial score (nSPS) is 11.3. The highest BCUT2D eigenvalue weighted by atomic mass is 32.2. The quantitative estimate of drug-likeness (QED) is 0.547. The number of carbonyl (C=O) groups excluding carboxylic acids is 1. The fourth-order valence-corrected chi connectivity index (χ4v) is 3.19. The minimum Gasteiger partial charge on any atom is -0.378 e. The molecule has 0 unspecified atom stereocenters. The van der Waals surface area contributed by atoms with E-state index in [4.69, 9.17) is 4.18 Å². The number of carbonyl (C=O) groups is 1. The highest BCUT2D eigenvalue weighted by molar-refractivity contribution is 7.87. The predicted molar refractivity (Wildman–Crippen MR) is 83.6 cm³/mol. The first kappa shape index (κ1) is 14.3. The van der Waals surface area contributed by atoms with Crippen molar-refractivity contribution in [2.24, 2.45) is 0 Å². The van der Waals surface area contributed by atoms with E-state index in [0.29, 0.717) is 11.7 Å². The molecule has 0 aliphatic carbocycles. The maximum absolute atomic E-state index is 12.3. The van der Waals surface area contributed by atoms with Gasteiger partial charge < -0.3 is 4.18 Å². The van der Waals surface area contributed by atoms with Crippen molar-refractivity contribution < 1.29 is 17.4 Å². The summed E-state index contributed by atoms with van der Waals surface area (Å²) in [5, 5.41) is 1.49. The molecule has 0 N–H and O–H groups in total. The van der Waals surface area contributed by atoms with Crippen molar-refractivity contribution in [1.29, 1.82) is 0 Å². The zero-order valence-electron chi connectivity index (χ0n) is 11.5. The van der Waals surface area contributed by atoms with Crippen LogP contribution in [0.15, 0.2) is 71.6 Å². The molecular weight excluding hydrogens is 300 g/mol. The molecule has 5 heteroatoms. The van der Waals surface area contributed by atoms with Crippen molar-refractivity contribution in [1.82, 2.24) is 0 Å². The van der Waals surface area contributed by atoms with Gasteiger partial charge in [0.2, 0.25) is 0 Å². The van der Waals surface area contributed by atoms with E-state index in [9.17, 15) is 13.2 Å². The molecule has 0 fully saturated rings. The van der Waals surface area contributed by atoms with E-state index >= 15 is 0 Å². The van der Waals surface area contributed by atoms with Crippen molar-refractivity contribution in [3.63, 3.8) is 0 Å². The number of benzene rings is 3. The van der Waals surface area contributed by atoms with E-state index in [-0.39, 0.29) is 16.2 Å². The molecule has 3 aromatic rings. The van der Waals surface area contributed by atoms with Crippen LogP contribution < -0.4 is 4.18 Å². The molecule has 0 aromatic heterocycles. The Labute approximate surface area is 128 Å². The van der Waals surface area contributed by atoms with Gasteiger partial charge in [0.25, 0.3) is 0 Å². The molecule has 22 heavy (non-hydrogen) atoms. The third-order valence-corrected chi connectivity index (χ3v) is 4.53. The second-order valence-corrected chi connectivity index (χ2v) is 6.21. The summed E-state index contributed by atoms with van der Waals surface area (Å²) in [5.41, 5.74) is 0.220. The van der Waals surface area contributed by atoms with Crippen LogP contribution in [-0.4, -0.2) is 14.7 Å². The maximum Gasteiger partial charge on any atom is 0.339 e. The van der Waals surface area contributed by atoms with Gasteiger partial charge in [0.1, 0.15) is 4.90 Å². The minimum absolute atomic E-state index is 0.0255. The van der Waals surface area contributed by atoms with Crippen LogP contribution >= 0.6 is 0 Å². The van der Waals surface area contributed by atoms with Crippen molar-refractivity contribution in [2.75, 3.05) is 0 Å². The van der Waals surface area contributed by atoms with E-state index in [1.54, 1.807) is 36.4 Å². The van der Waals surface area contributed by atoms with Gasteiger partial charge in [-0.2, -0.15) is 8.42 Å². The smallest absolute Gasteiger partial charge is 0.339 e. The Balaban J connectivity index is 2.10. The number of hydrogen-bond acceptors (Lipinski definition) is 4. The summed E-state index contributed by atoms with van der Waals surface area (Å²) in [7, 11) is -3.97. The fraction of sp³-hybridized carbons (Fsp3) is 0. The summed E-state index contributed by atoms with van der Waals surface area (Å²) in [6, 6.07) is 18.3. The van der Waals surface area contributed by atoms with E-state index < -0.39 is 10.1 Å². The zero-order valence-corrected chi connectivity index (χ0v) is 12.3. The predicted octanol–water partition coefficient (Wildman–Crippen LogP) is 3.42. The molecule has 0 saturated heterocycles. The van der Waals surface area contributed by atoms with Crippen LogP contribution in [0.5, 0.6) is 5.75 Å². The van der Waals surface area contributed by atoms with Gasteiger partial charge in [0, 0.05) is 0 Å². The first-order valence-corrected chi connectivity index (χ1v) is 7.99. The highest BCUT2D eigenvalue weighted by Gasteiger charge is 2.19. The van der Waals surface area contributed by atoms with Gasteiger partial charge >= 0.3 is 10.1 Å². The average Bonchev–Trinajstić information content (AvgIpc) is 2.55. The molecule has 0 atom stereocenters. The summed E-state index contributed by atoms with van der Waals surface area (Å²) in [4.78, 5) is 11.4. The van der Waals surface area contributed by atoms with Gasteiger partial charge in [0.05, 0.1) is 5.56 Å². The first-order valence-electron chi connectivity index (χ1n) is 6.58. The van der Waals surface area contributed by atoms with Crippen molar-refractivity contribution in [2.45, 2.75) is 4.90 Å². The van der Waals surface area contributed by atoms with Gasteiger partial charge in [0.15, 0.2) is 12.0 Å². The largest absolute Gasteiger partial charge is 0.378 e. The molecular formula is C17H12O4S. The van der Waals surface area contributed by atoms with Crippen LogP contribution in [0.25, 0.3) is 10.8 Å². The van der Waals surface area contributed by atoms with Crippen LogP contribution in [-0.2, 0) is 10.1 Å². The number of aldehydes is 1. The van der Waals surface area contributed by atoms with E-state index in [2.05, 4.69) is 0 Å². The van der Waals surface area contributed by atoms with Crippen LogP contribution in [0.3, 0.4) is 0 Å². The average molecular weight is 312 g/mol. The topological polar surface area (TPSA) is 60.4 Å². The Hall–Kier alpha value is -2.66. The molecule has 0 spiro atoms. The molecule has 4 nitrogen and oxygen atoms in total. The third-order valence-electron chi connectivity index (χ3n) is 3.28. The third kappa shape index (κ3) is 2.58.